The normalized spacial score (nSPS) is 17.1. The smallest absolute Gasteiger partial charge is 0.375 e. The first-order valence-corrected chi connectivity index (χ1v) is 12.6. The molecular weight excluding hydrogens is 446 g/mol. The molecule has 1 amide bonds. The Morgan fingerprint density at radius 3 is 2.52 bits per heavy atom. The summed E-state index contributed by atoms with van der Waals surface area (Å²) in [4.78, 5) is 27.0. The molecule has 0 radical (unpaired) electrons. The van der Waals surface area contributed by atoms with Gasteiger partial charge in [0.2, 0.25) is 5.76 Å². The maximum atomic E-state index is 12.8. The standard InChI is InChI=1S/C24H25NO7S/c1-2-25(17-12-13-33(28,29)16-17)22(26)15-31-24(27)23-20(14-30-18-8-4-3-5-9-18)19-10-6-7-11-21(19)32-23/h3-11,17H,2,12-16H2,1H3/t17-/m1/s1. The third kappa shape index (κ3) is 5.19. The van der Waals surface area contributed by atoms with Crippen molar-refractivity contribution < 1.29 is 31.9 Å². The number of hydrogen-bond acceptors (Lipinski definition) is 7. The predicted molar refractivity (Wildman–Crippen MR) is 122 cm³/mol. The lowest BCUT2D eigenvalue weighted by atomic mass is 10.1. The van der Waals surface area contributed by atoms with Gasteiger partial charge in [0, 0.05) is 18.0 Å². The first-order valence-electron chi connectivity index (χ1n) is 10.7. The summed E-state index contributed by atoms with van der Waals surface area (Å²) in [5, 5.41) is 0.720. The van der Waals surface area contributed by atoms with Crippen molar-refractivity contribution in [1.82, 2.24) is 4.90 Å². The van der Waals surface area contributed by atoms with E-state index in [2.05, 4.69) is 0 Å². The maximum absolute atomic E-state index is 12.8. The molecule has 0 saturated carbocycles. The van der Waals surface area contributed by atoms with Crippen LogP contribution in [0.3, 0.4) is 0 Å². The fourth-order valence-corrected chi connectivity index (χ4v) is 5.75. The highest BCUT2D eigenvalue weighted by molar-refractivity contribution is 7.91. The van der Waals surface area contributed by atoms with Crippen molar-refractivity contribution in [3.63, 3.8) is 0 Å². The number of carbonyl (C=O) groups excluding carboxylic acids is 2. The van der Waals surface area contributed by atoms with Crippen molar-refractivity contribution in [2.45, 2.75) is 26.0 Å². The van der Waals surface area contributed by atoms with Gasteiger partial charge in [0.25, 0.3) is 5.91 Å². The molecule has 2 aromatic carbocycles. The average Bonchev–Trinajstić information content (AvgIpc) is 3.37. The predicted octanol–water partition coefficient (Wildman–Crippen LogP) is 3.20. The topological polar surface area (TPSA) is 103 Å². The van der Waals surface area contributed by atoms with Gasteiger partial charge in [0.15, 0.2) is 16.4 Å². The first-order chi connectivity index (χ1) is 15.9. The van der Waals surface area contributed by atoms with E-state index in [0.29, 0.717) is 29.9 Å². The fraction of sp³-hybridized carbons (Fsp3) is 0.333. The van der Waals surface area contributed by atoms with Gasteiger partial charge in [-0.3, -0.25) is 4.79 Å². The van der Waals surface area contributed by atoms with Crippen LogP contribution < -0.4 is 4.74 Å². The monoisotopic (exact) mass is 471 g/mol. The van der Waals surface area contributed by atoms with Gasteiger partial charge in [-0.2, -0.15) is 0 Å². The Kier molecular flexibility index (Phi) is 6.69. The SMILES string of the molecule is CCN(C(=O)COC(=O)c1oc2ccccc2c1COc1ccccc1)[C@@H]1CCS(=O)(=O)C1. The average molecular weight is 472 g/mol. The summed E-state index contributed by atoms with van der Waals surface area (Å²) in [5.74, 6) is -0.600. The zero-order chi connectivity index (χ0) is 23.4. The lowest BCUT2D eigenvalue weighted by Gasteiger charge is -2.26. The van der Waals surface area contributed by atoms with E-state index >= 15 is 0 Å². The molecule has 8 nitrogen and oxygen atoms in total. The summed E-state index contributed by atoms with van der Waals surface area (Å²) in [6.07, 6.45) is 0.389. The highest BCUT2D eigenvalue weighted by atomic mass is 32.2. The van der Waals surface area contributed by atoms with Gasteiger partial charge >= 0.3 is 5.97 Å². The van der Waals surface area contributed by atoms with Crippen molar-refractivity contribution in [2.24, 2.45) is 0 Å². The second-order valence-electron chi connectivity index (χ2n) is 7.82. The second-order valence-corrected chi connectivity index (χ2v) is 10.0. The molecule has 9 heteroatoms. The Bertz CT molecular complexity index is 1250. The Labute approximate surface area is 192 Å². The van der Waals surface area contributed by atoms with Crippen molar-refractivity contribution in [3.05, 3.63) is 65.9 Å². The lowest BCUT2D eigenvalue weighted by Crippen LogP contribution is -2.43. The molecule has 0 spiro atoms. The van der Waals surface area contributed by atoms with Crippen LogP contribution in [0.25, 0.3) is 11.0 Å². The largest absolute Gasteiger partial charge is 0.489 e. The number of rotatable bonds is 8. The van der Waals surface area contributed by atoms with Crippen LogP contribution in [0, 0.1) is 0 Å². The number of ether oxygens (including phenoxy) is 2. The van der Waals surface area contributed by atoms with Crippen molar-refractivity contribution in [2.75, 3.05) is 24.7 Å². The van der Waals surface area contributed by atoms with Crippen molar-refractivity contribution in [1.29, 1.82) is 0 Å². The number of benzene rings is 2. The third-order valence-corrected chi connectivity index (χ3v) is 7.40. The summed E-state index contributed by atoms with van der Waals surface area (Å²) in [6.45, 7) is 1.68. The zero-order valence-corrected chi connectivity index (χ0v) is 19.0. The van der Waals surface area contributed by atoms with Gasteiger partial charge in [0.1, 0.15) is 17.9 Å². The van der Waals surface area contributed by atoms with E-state index in [4.69, 9.17) is 13.9 Å². The second kappa shape index (κ2) is 9.66. The molecule has 1 aliphatic rings. The molecule has 0 bridgehead atoms. The first kappa shape index (κ1) is 22.8. The van der Waals surface area contributed by atoms with E-state index in [1.165, 1.54) is 4.90 Å². The number of fused-ring (bicyclic) bond motifs is 1. The number of amides is 1. The number of esters is 1. The molecule has 2 heterocycles. The van der Waals surface area contributed by atoms with Crippen LogP contribution in [0.2, 0.25) is 0 Å². The minimum Gasteiger partial charge on any atom is -0.489 e. The molecule has 1 fully saturated rings. The summed E-state index contributed by atoms with van der Waals surface area (Å²) in [5.41, 5.74) is 1.04. The van der Waals surface area contributed by atoms with Crippen LogP contribution in [0.15, 0.2) is 59.0 Å². The molecule has 33 heavy (non-hydrogen) atoms. The molecular formula is C24H25NO7S. The third-order valence-electron chi connectivity index (χ3n) is 5.65. The molecule has 1 atom stereocenters. The minimum atomic E-state index is -3.14. The van der Waals surface area contributed by atoms with Crippen LogP contribution >= 0.6 is 0 Å². The van der Waals surface area contributed by atoms with E-state index in [9.17, 15) is 18.0 Å². The maximum Gasteiger partial charge on any atom is 0.375 e. The Hall–Kier alpha value is -3.33. The molecule has 1 saturated heterocycles. The number of furan rings is 1. The van der Waals surface area contributed by atoms with Crippen LogP contribution in [-0.2, 0) is 26.0 Å². The van der Waals surface area contributed by atoms with E-state index < -0.39 is 34.4 Å². The highest BCUT2D eigenvalue weighted by Gasteiger charge is 2.34. The Balaban J connectivity index is 1.47. The van der Waals surface area contributed by atoms with E-state index in [1.807, 2.05) is 42.5 Å². The van der Waals surface area contributed by atoms with E-state index in [-0.39, 0.29) is 23.9 Å². The van der Waals surface area contributed by atoms with Crippen LogP contribution in [-0.4, -0.2) is 55.9 Å². The van der Waals surface area contributed by atoms with Crippen LogP contribution in [0.4, 0.5) is 0 Å². The summed E-state index contributed by atoms with van der Waals surface area (Å²) >= 11 is 0. The summed E-state index contributed by atoms with van der Waals surface area (Å²) < 4.78 is 40.4. The Morgan fingerprint density at radius 1 is 1.09 bits per heavy atom. The molecule has 1 aromatic heterocycles. The number of carbonyl (C=O) groups is 2. The quantitative estimate of drug-likeness (QED) is 0.465. The van der Waals surface area contributed by atoms with Gasteiger partial charge in [-0.15, -0.1) is 0 Å². The number of sulfone groups is 1. The van der Waals surface area contributed by atoms with Crippen LogP contribution in [0.1, 0.15) is 29.5 Å². The number of likely N-dealkylation sites (N-methyl/N-ethyl adjacent to an activating group) is 1. The number of nitrogens with zero attached hydrogens (tertiary/aromatic N) is 1. The molecule has 0 unspecified atom stereocenters. The fourth-order valence-electron chi connectivity index (χ4n) is 4.01. The van der Waals surface area contributed by atoms with E-state index in [0.717, 1.165) is 5.39 Å². The molecule has 0 aliphatic carbocycles. The van der Waals surface area contributed by atoms with Gasteiger partial charge in [-0.1, -0.05) is 36.4 Å². The zero-order valence-electron chi connectivity index (χ0n) is 18.2. The Morgan fingerprint density at radius 2 is 1.82 bits per heavy atom. The number of hydrogen-bond donors (Lipinski definition) is 0. The van der Waals surface area contributed by atoms with Gasteiger partial charge < -0.3 is 18.8 Å². The van der Waals surface area contributed by atoms with Crippen LogP contribution in [0.5, 0.6) is 5.75 Å². The molecule has 4 rings (SSSR count). The highest BCUT2D eigenvalue weighted by Crippen LogP contribution is 2.28. The van der Waals surface area contributed by atoms with Gasteiger partial charge in [-0.05, 0) is 31.5 Å². The van der Waals surface area contributed by atoms with Gasteiger partial charge in [-0.25, -0.2) is 13.2 Å². The van der Waals surface area contributed by atoms with Gasteiger partial charge in [0.05, 0.1) is 17.1 Å². The molecule has 3 aromatic rings. The van der Waals surface area contributed by atoms with E-state index in [1.54, 1.807) is 19.1 Å². The van der Waals surface area contributed by atoms with Crippen molar-refractivity contribution >= 4 is 32.7 Å². The summed E-state index contributed by atoms with van der Waals surface area (Å²) in [7, 11) is -3.14. The van der Waals surface area contributed by atoms with Crippen molar-refractivity contribution in [3.8, 4) is 5.75 Å². The minimum absolute atomic E-state index is 0.0218. The summed E-state index contributed by atoms with van der Waals surface area (Å²) in [6, 6.07) is 16.0. The lowest BCUT2D eigenvalue weighted by molar-refractivity contribution is -0.136. The molecule has 1 aliphatic heterocycles. The number of para-hydroxylation sites is 2. The molecule has 174 valence electrons. The molecule has 0 N–H and O–H groups in total.